The Morgan fingerprint density at radius 2 is 2.10 bits per heavy atom. The first-order valence-electron chi connectivity index (χ1n) is 7.17. The fourth-order valence-corrected chi connectivity index (χ4v) is 4.20. The number of aromatic amines is 1. The van der Waals surface area contributed by atoms with Crippen molar-refractivity contribution in [2.45, 2.75) is 44.6 Å². The Hall–Kier alpha value is -1.33. The van der Waals surface area contributed by atoms with Gasteiger partial charge in [0.25, 0.3) is 5.56 Å². The monoisotopic (exact) mass is 324 g/mol. The molecule has 2 aromatic rings. The molecular weight excluding hydrogens is 308 g/mol. The summed E-state index contributed by atoms with van der Waals surface area (Å²) >= 11 is 7.69. The fraction of sp³-hybridized carbons (Fsp3) is 0.467. The van der Waals surface area contributed by atoms with Crippen LogP contribution in [0.5, 0.6) is 0 Å². The number of H-pyrrole nitrogens is 1. The largest absolute Gasteiger partial charge is 0.330 e. The van der Waals surface area contributed by atoms with Crippen molar-refractivity contribution in [3.63, 3.8) is 0 Å². The highest BCUT2D eigenvalue weighted by atomic mass is 35.5. The van der Waals surface area contributed by atoms with Crippen molar-refractivity contribution in [1.29, 1.82) is 0 Å². The summed E-state index contributed by atoms with van der Waals surface area (Å²) in [7, 11) is 0. The molecule has 2 aromatic heterocycles. The van der Waals surface area contributed by atoms with Gasteiger partial charge in [0.1, 0.15) is 5.15 Å². The van der Waals surface area contributed by atoms with Crippen LogP contribution in [0.15, 0.2) is 27.1 Å². The minimum atomic E-state index is -0.437. The summed E-state index contributed by atoms with van der Waals surface area (Å²) in [4.78, 5) is 28.6. The van der Waals surface area contributed by atoms with Crippen molar-refractivity contribution in [3.05, 3.63) is 53.9 Å². The Bertz CT molecular complexity index is 742. The van der Waals surface area contributed by atoms with Gasteiger partial charge in [0.2, 0.25) is 0 Å². The third-order valence-corrected chi connectivity index (χ3v) is 5.57. The van der Waals surface area contributed by atoms with Gasteiger partial charge in [-0.2, -0.15) is 0 Å². The highest BCUT2D eigenvalue weighted by molar-refractivity contribution is 7.10. The average molecular weight is 325 g/mol. The minimum absolute atomic E-state index is 0.170. The van der Waals surface area contributed by atoms with E-state index in [2.05, 4.69) is 4.98 Å². The number of hydrogen-bond acceptors (Lipinski definition) is 3. The number of thiophene rings is 1. The molecule has 0 spiro atoms. The number of nitrogens with zero attached hydrogens (tertiary/aromatic N) is 1. The Morgan fingerprint density at radius 1 is 1.38 bits per heavy atom. The molecule has 6 heteroatoms. The van der Waals surface area contributed by atoms with Crippen molar-refractivity contribution in [3.8, 4) is 0 Å². The second-order valence-electron chi connectivity index (χ2n) is 5.51. The van der Waals surface area contributed by atoms with Gasteiger partial charge in [0.15, 0.2) is 0 Å². The van der Waals surface area contributed by atoms with Crippen LogP contribution >= 0.6 is 22.9 Å². The summed E-state index contributed by atoms with van der Waals surface area (Å²) in [5.41, 5.74) is -0.0960. The number of nitrogens with one attached hydrogen (secondary N) is 1. The quantitative estimate of drug-likeness (QED) is 0.878. The molecule has 0 bridgehead atoms. The molecule has 1 aliphatic rings. The van der Waals surface area contributed by atoms with Crippen molar-refractivity contribution in [1.82, 2.24) is 9.55 Å². The van der Waals surface area contributed by atoms with Crippen LogP contribution in [0.4, 0.5) is 0 Å². The van der Waals surface area contributed by atoms with E-state index >= 15 is 0 Å². The molecule has 0 aliphatic heterocycles. The first-order valence-corrected chi connectivity index (χ1v) is 8.43. The predicted octanol–water partition coefficient (Wildman–Crippen LogP) is 3.52. The maximum atomic E-state index is 12.8. The second kappa shape index (κ2) is 5.81. The van der Waals surface area contributed by atoms with Crippen LogP contribution in [-0.4, -0.2) is 9.55 Å². The van der Waals surface area contributed by atoms with Gasteiger partial charge in [0, 0.05) is 4.88 Å². The lowest BCUT2D eigenvalue weighted by Gasteiger charge is -2.17. The molecule has 1 unspecified atom stereocenters. The van der Waals surface area contributed by atoms with E-state index in [9.17, 15) is 9.59 Å². The van der Waals surface area contributed by atoms with Crippen LogP contribution in [0.3, 0.4) is 0 Å². The van der Waals surface area contributed by atoms with E-state index in [1.807, 2.05) is 24.4 Å². The van der Waals surface area contributed by atoms with E-state index in [-0.39, 0.29) is 22.7 Å². The van der Waals surface area contributed by atoms with Crippen LogP contribution < -0.4 is 11.2 Å². The van der Waals surface area contributed by atoms with E-state index in [1.54, 1.807) is 11.3 Å². The van der Waals surface area contributed by atoms with Gasteiger partial charge in [-0.1, -0.05) is 30.5 Å². The molecule has 112 valence electrons. The number of rotatable bonds is 3. The van der Waals surface area contributed by atoms with Crippen LogP contribution in [0.2, 0.25) is 5.15 Å². The minimum Gasteiger partial charge on any atom is -0.297 e. The molecule has 21 heavy (non-hydrogen) atoms. The number of halogens is 1. The highest BCUT2D eigenvalue weighted by Crippen LogP contribution is 2.35. The average Bonchev–Trinajstić information content (AvgIpc) is 3.11. The summed E-state index contributed by atoms with van der Waals surface area (Å²) < 4.78 is 1.30. The highest BCUT2D eigenvalue weighted by Gasteiger charge is 2.26. The van der Waals surface area contributed by atoms with Gasteiger partial charge < -0.3 is 0 Å². The summed E-state index contributed by atoms with van der Waals surface area (Å²) in [5.74, 6) is 0.170. The maximum absolute atomic E-state index is 12.8. The predicted molar refractivity (Wildman–Crippen MR) is 85.7 cm³/mol. The normalized spacial score (nSPS) is 17.2. The lowest BCUT2D eigenvalue weighted by atomic mass is 10.0. The molecule has 0 radical (unpaired) electrons. The van der Waals surface area contributed by atoms with Gasteiger partial charge in [-0.15, -0.1) is 11.3 Å². The third-order valence-electron chi connectivity index (χ3n) is 4.23. The molecule has 0 amide bonds. The molecule has 4 nitrogen and oxygen atoms in total. The molecule has 3 rings (SSSR count). The van der Waals surface area contributed by atoms with Gasteiger partial charge in [-0.25, -0.2) is 4.79 Å². The van der Waals surface area contributed by atoms with Gasteiger partial charge >= 0.3 is 5.69 Å². The maximum Gasteiger partial charge on any atom is 0.330 e. The van der Waals surface area contributed by atoms with E-state index < -0.39 is 5.69 Å². The second-order valence-corrected chi connectivity index (χ2v) is 6.86. The first kappa shape index (κ1) is 14.6. The molecule has 2 heterocycles. The number of hydrogen-bond donors (Lipinski definition) is 1. The van der Waals surface area contributed by atoms with Crippen LogP contribution in [0.25, 0.3) is 0 Å². The molecule has 1 aliphatic carbocycles. The van der Waals surface area contributed by atoms with Crippen LogP contribution in [0.1, 0.15) is 55.0 Å². The molecule has 0 aromatic carbocycles. The zero-order valence-corrected chi connectivity index (χ0v) is 13.3. The van der Waals surface area contributed by atoms with Crippen molar-refractivity contribution >= 4 is 22.9 Å². The molecule has 1 fully saturated rings. The van der Waals surface area contributed by atoms with Crippen molar-refractivity contribution < 1.29 is 0 Å². The van der Waals surface area contributed by atoms with E-state index in [0.29, 0.717) is 5.56 Å². The smallest absolute Gasteiger partial charge is 0.297 e. The standard InChI is InChI=1S/C15H17ClN2O2S/c1-9(11-7-4-8-21-11)18-14(19)12(10-5-2-3-6-10)13(16)17-15(18)20/h4,7-10H,2-3,5-6H2,1H3,(H,17,20). The van der Waals surface area contributed by atoms with E-state index in [4.69, 9.17) is 11.6 Å². The van der Waals surface area contributed by atoms with Crippen molar-refractivity contribution in [2.24, 2.45) is 0 Å². The topological polar surface area (TPSA) is 54.9 Å². The van der Waals surface area contributed by atoms with Crippen LogP contribution in [-0.2, 0) is 0 Å². The SMILES string of the molecule is CC(c1cccs1)n1c(=O)[nH]c(Cl)c(C2CCCC2)c1=O. The molecule has 1 saturated carbocycles. The van der Waals surface area contributed by atoms with Gasteiger partial charge in [-0.05, 0) is 37.1 Å². The van der Waals surface area contributed by atoms with E-state index in [0.717, 1.165) is 30.6 Å². The Kier molecular flexibility index (Phi) is 4.04. The lowest BCUT2D eigenvalue weighted by Crippen LogP contribution is -2.40. The Morgan fingerprint density at radius 3 is 2.71 bits per heavy atom. The summed E-state index contributed by atoms with van der Waals surface area (Å²) in [6, 6.07) is 3.58. The zero-order valence-electron chi connectivity index (χ0n) is 11.8. The summed E-state index contributed by atoms with van der Waals surface area (Å²) in [5, 5.41) is 2.16. The first-order chi connectivity index (χ1) is 10.1. The summed E-state index contributed by atoms with van der Waals surface area (Å²) in [6.45, 7) is 1.87. The zero-order chi connectivity index (χ0) is 15.0. The summed E-state index contributed by atoms with van der Waals surface area (Å²) in [6.07, 6.45) is 4.16. The molecule has 1 N–H and O–H groups in total. The molecule has 1 atom stereocenters. The van der Waals surface area contributed by atoms with E-state index in [1.165, 1.54) is 4.57 Å². The Labute approximate surface area is 131 Å². The lowest BCUT2D eigenvalue weighted by molar-refractivity contribution is 0.566. The van der Waals surface area contributed by atoms with Crippen molar-refractivity contribution in [2.75, 3.05) is 0 Å². The van der Waals surface area contributed by atoms with Gasteiger partial charge in [-0.3, -0.25) is 14.3 Å². The van der Waals surface area contributed by atoms with Gasteiger partial charge in [0.05, 0.1) is 11.6 Å². The van der Waals surface area contributed by atoms with Crippen LogP contribution in [0, 0.1) is 0 Å². The molecular formula is C15H17ClN2O2S. The number of aromatic nitrogens is 2. The Balaban J connectivity index is 2.15. The molecule has 0 saturated heterocycles. The fourth-order valence-electron chi connectivity index (χ4n) is 3.11. The third kappa shape index (κ3) is 2.60.